The molecule has 0 aliphatic rings. The van der Waals surface area contributed by atoms with E-state index in [1.165, 1.54) is 0 Å². The molecule has 0 saturated carbocycles. The van der Waals surface area contributed by atoms with Crippen LogP contribution in [0.4, 0.5) is 0 Å². The lowest BCUT2D eigenvalue weighted by Crippen LogP contribution is -2.40. The third-order valence-electron chi connectivity index (χ3n) is 2.00. The van der Waals surface area contributed by atoms with Crippen molar-refractivity contribution in [2.45, 2.75) is 26.7 Å². The zero-order valence-corrected chi connectivity index (χ0v) is 8.60. The van der Waals surface area contributed by atoms with Crippen molar-refractivity contribution in [3.8, 4) is 0 Å². The summed E-state index contributed by atoms with van der Waals surface area (Å²) in [4.78, 5) is 10.9. The molecule has 0 saturated heterocycles. The molecule has 3 N–H and O–H groups in total. The van der Waals surface area contributed by atoms with Crippen LogP contribution in [0.3, 0.4) is 0 Å². The molecule has 76 valence electrons. The number of rotatable bonds is 7. The van der Waals surface area contributed by atoms with Crippen LogP contribution in [0, 0.1) is 5.41 Å². The SMILES string of the molecule is C=CCCCNCC(C)(C)C(N)=O. The Morgan fingerprint density at radius 2 is 2.23 bits per heavy atom. The van der Waals surface area contributed by atoms with Crippen molar-refractivity contribution in [2.24, 2.45) is 11.1 Å². The number of nitrogens with one attached hydrogen (secondary N) is 1. The molecule has 0 aromatic heterocycles. The standard InChI is InChI=1S/C10H20N2O/c1-4-5-6-7-12-8-10(2,3)9(11)13/h4,12H,1,5-8H2,2-3H3,(H2,11,13). The van der Waals surface area contributed by atoms with Gasteiger partial charge in [0.25, 0.3) is 0 Å². The number of hydrogen-bond donors (Lipinski definition) is 2. The van der Waals surface area contributed by atoms with E-state index >= 15 is 0 Å². The molecule has 0 unspecified atom stereocenters. The van der Waals surface area contributed by atoms with E-state index in [2.05, 4.69) is 11.9 Å². The van der Waals surface area contributed by atoms with Gasteiger partial charge in [0.2, 0.25) is 5.91 Å². The first kappa shape index (κ1) is 12.2. The second-order valence-electron chi connectivity index (χ2n) is 3.86. The average Bonchev–Trinajstić information content (AvgIpc) is 2.03. The van der Waals surface area contributed by atoms with Crippen LogP contribution in [0.2, 0.25) is 0 Å². The lowest BCUT2D eigenvalue weighted by molar-refractivity contribution is -0.125. The fourth-order valence-corrected chi connectivity index (χ4v) is 0.859. The number of allylic oxidation sites excluding steroid dienone is 1. The Morgan fingerprint density at radius 3 is 2.69 bits per heavy atom. The third kappa shape index (κ3) is 5.42. The second-order valence-corrected chi connectivity index (χ2v) is 3.86. The maximum absolute atomic E-state index is 10.9. The summed E-state index contributed by atoms with van der Waals surface area (Å²) in [5.74, 6) is -0.260. The summed E-state index contributed by atoms with van der Waals surface area (Å²) in [6.45, 7) is 8.86. The lowest BCUT2D eigenvalue weighted by Gasteiger charge is -2.20. The highest BCUT2D eigenvalue weighted by Crippen LogP contribution is 2.11. The zero-order valence-electron chi connectivity index (χ0n) is 8.60. The Hall–Kier alpha value is -0.830. The van der Waals surface area contributed by atoms with Gasteiger partial charge in [0.1, 0.15) is 0 Å². The second kappa shape index (κ2) is 5.75. The number of amides is 1. The summed E-state index contributed by atoms with van der Waals surface area (Å²) in [6, 6.07) is 0. The van der Waals surface area contributed by atoms with Crippen molar-refractivity contribution in [1.82, 2.24) is 5.32 Å². The smallest absolute Gasteiger partial charge is 0.224 e. The minimum atomic E-state index is -0.450. The van der Waals surface area contributed by atoms with Crippen LogP contribution in [0.25, 0.3) is 0 Å². The fourth-order valence-electron chi connectivity index (χ4n) is 0.859. The van der Waals surface area contributed by atoms with Gasteiger partial charge >= 0.3 is 0 Å². The Bertz CT molecular complexity index is 176. The summed E-state index contributed by atoms with van der Waals surface area (Å²) in [7, 11) is 0. The van der Waals surface area contributed by atoms with Crippen LogP contribution in [0.5, 0.6) is 0 Å². The Kier molecular flexibility index (Phi) is 5.39. The molecule has 13 heavy (non-hydrogen) atoms. The molecule has 0 aromatic carbocycles. The van der Waals surface area contributed by atoms with Crippen LogP contribution < -0.4 is 11.1 Å². The van der Waals surface area contributed by atoms with Crippen molar-refractivity contribution in [3.63, 3.8) is 0 Å². The van der Waals surface area contributed by atoms with E-state index in [0.29, 0.717) is 6.54 Å². The molecule has 3 heteroatoms. The predicted molar refractivity (Wildman–Crippen MR) is 55.3 cm³/mol. The number of carbonyl (C=O) groups excluding carboxylic acids is 1. The van der Waals surface area contributed by atoms with E-state index in [4.69, 9.17) is 5.73 Å². The molecule has 0 fully saturated rings. The van der Waals surface area contributed by atoms with Gasteiger partial charge in [0.15, 0.2) is 0 Å². The van der Waals surface area contributed by atoms with Gasteiger partial charge in [-0.1, -0.05) is 6.08 Å². The molecule has 0 heterocycles. The van der Waals surface area contributed by atoms with Gasteiger partial charge < -0.3 is 11.1 Å². The van der Waals surface area contributed by atoms with Gasteiger partial charge in [-0.15, -0.1) is 6.58 Å². The van der Waals surface area contributed by atoms with E-state index in [1.807, 2.05) is 19.9 Å². The van der Waals surface area contributed by atoms with Crippen LogP contribution in [-0.2, 0) is 4.79 Å². The quantitative estimate of drug-likeness (QED) is 0.459. The monoisotopic (exact) mass is 184 g/mol. The third-order valence-corrected chi connectivity index (χ3v) is 2.00. The van der Waals surface area contributed by atoms with Gasteiger partial charge in [0, 0.05) is 6.54 Å². The zero-order chi connectivity index (χ0) is 10.3. The molecule has 0 aliphatic heterocycles. The van der Waals surface area contributed by atoms with Crippen molar-refractivity contribution >= 4 is 5.91 Å². The van der Waals surface area contributed by atoms with Crippen molar-refractivity contribution in [1.29, 1.82) is 0 Å². The number of unbranched alkanes of at least 4 members (excludes halogenated alkanes) is 1. The lowest BCUT2D eigenvalue weighted by atomic mass is 9.93. The highest BCUT2D eigenvalue weighted by Gasteiger charge is 2.23. The molecule has 0 atom stereocenters. The number of nitrogens with two attached hydrogens (primary N) is 1. The predicted octanol–water partition coefficient (Wildman–Crippen LogP) is 1.05. The first-order valence-electron chi connectivity index (χ1n) is 4.62. The minimum Gasteiger partial charge on any atom is -0.369 e. The van der Waals surface area contributed by atoms with Crippen molar-refractivity contribution < 1.29 is 4.79 Å². The van der Waals surface area contributed by atoms with Crippen molar-refractivity contribution in [3.05, 3.63) is 12.7 Å². The summed E-state index contributed by atoms with van der Waals surface area (Å²) < 4.78 is 0. The number of primary amides is 1. The van der Waals surface area contributed by atoms with Gasteiger partial charge in [0.05, 0.1) is 5.41 Å². The molecular formula is C10H20N2O. The van der Waals surface area contributed by atoms with E-state index in [-0.39, 0.29) is 5.91 Å². The van der Waals surface area contributed by atoms with Crippen LogP contribution in [0.15, 0.2) is 12.7 Å². The Labute approximate surface area is 80.4 Å². The summed E-state index contributed by atoms with van der Waals surface area (Å²) in [5.41, 5.74) is 4.77. The molecule has 3 nitrogen and oxygen atoms in total. The maximum Gasteiger partial charge on any atom is 0.224 e. The van der Waals surface area contributed by atoms with Gasteiger partial charge in [-0.25, -0.2) is 0 Å². The molecule has 0 aromatic rings. The normalized spacial score (nSPS) is 11.2. The van der Waals surface area contributed by atoms with Gasteiger partial charge in [-0.2, -0.15) is 0 Å². The summed E-state index contributed by atoms with van der Waals surface area (Å²) in [6.07, 6.45) is 3.95. The largest absolute Gasteiger partial charge is 0.369 e. The molecule has 0 aliphatic carbocycles. The average molecular weight is 184 g/mol. The molecule has 0 bridgehead atoms. The molecular weight excluding hydrogens is 164 g/mol. The van der Waals surface area contributed by atoms with Crippen LogP contribution >= 0.6 is 0 Å². The van der Waals surface area contributed by atoms with Gasteiger partial charge in [-0.3, -0.25) is 4.79 Å². The highest BCUT2D eigenvalue weighted by atomic mass is 16.1. The first-order valence-corrected chi connectivity index (χ1v) is 4.62. The first-order chi connectivity index (χ1) is 6.00. The number of hydrogen-bond acceptors (Lipinski definition) is 2. The minimum absolute atomic E-state index is 0.260. The van der Waals surface area contributed by atoms with Crippen LogP contribution in [-0.4, -0.2) is 19.0 Å². The van der Waals surface area contributed by atoms with E-state index < -0.39 is 5.41 Å². The van der Waals surface area contributed by atoms with E-state index in [0.717, 1.165) is 19.4 Å². The fraction of sp³-hybridized carbons (Fsp3) is 0.700. The van der Waals surface area contributed by atoms with E-state index in [1.54, 1.807) is 0 Å². The Balaban J connectivity index is 3.52. The van der Waals surface area contributed by atoms with Crippen molar-refractivity contribution in [2.75, 3.05) is 13.1 Å². The summed E-state index contributed by atoms with van der Waals surface area (Å²) in [5, 5.41) is 3.19. The van der Waals surface area contributed by atoms with E-state index in [9.17, 15) is 4.79 Å². The van der Waals surface area contributed by atoms with Gasteiger partial charge in [-0.05, 0) is 33.2 Å². The molecule has 1 amide bonds. The Morgan fingerprint density at radius 1 is 1.62 bits per heavy atom. The molecule has 0 radical (unpaired) electrons. The maximum atomic E-state index is 10.9. The topological polar surface area (TPSA) is 55.1 Å². The highest BCUT2D eigenvalue weighted by molar-refractivity contribution is 5.80. The molecule has 0 spiro atoms. The molecule has 0 rings (SSSR count). The summed E-state index contributed by atoms with van der Waals surface area (Å²) >= 11 is 0. The number of carbonyl (C=O) groups is 1. The van der Waals surface area contributed by atoms with Crippen LogP contribution in [0.1, 0.15) is 26.7 Å².